The van der Waals surface area contributed by atoms with E-state index in [2.05, 4.69) is 10.5 Å². The van der Waals surface area contributed by atoms with E-state index in [0.29, 0.717) is 0 Å². The molecule has 2 unspecified atom stereocenters. The highest BCUT2D eigenvalue weighted by Crippen LogP contribution is 1.83. The number of rotatable bonds is 3. The molecule has 0 rings (SSSR count). The molecule has 0 aliphatic carbocycles. The summed E-state index contributed by atoms with van der Waals surface area (Å²) in [6, 6.07) is 0. The van der Waals surface area contributed by atoms with E-state index in [-0.39, 0.29) is 6.47 Å². The summed E-state index contributed by atoms with van der Waals surface area (Å²) >= 11 is 0. The van der Waals surface area contributed by atoms with E-state index in [9.17, 15) is 4.79 Å². The maximum Gasteiger partial charge on any atom is 0.295 e. The molecular weight excluding hydrogens is 114 g/mol. The fraction of sp³-hybridized carbons (Fsp3) is 0.667. The Bertz CT molecular complexity index is 73.7. The minimum Gasteiger partial charge on any atom is -0.434 e. The highest BCUT2D eigenvalue weighted by molar-refractivity contribution is 5.37. The van der Waals surface area contributed by atoms with E-state index in [1.165, 1.54) is 0 Å². The second kappa shape index (κ2) is 3.36. The summed E-state index contributed by atoms with van der Waals surface area (Å²) in [6.45, 7) is 0.000741. The van der Waals surface area contributed by atoms with Crippen molar-refractivity contribution in [3.63, 3.8) is 0 Å². The molecule has 8 heavy (non-hydrogen) atoms. The van der Waals surface area contributed by atoms with Crippen LogP contribution < -0.4 is 5.73 Å². The van der Waals surface area contributed by atoms with Gasteiger partial charge in [-0.15, -0.1) is 0 Å². The molecule has 0 aliphatic rings. The van der Waals surface area contributed by atoms with Gasteiger partial charge >= 0.3 is 0 Å². The van der Waals surface area contributed by atoms with Gasteiger partial charge in [0, 0.05) is 0 Å². The van der Waals surface area contributed by atoms with Gasteiger partial charge < -0.3 is 20.7 Å². The molecule has 0 bridgehead atoms. The number of hydrogen-bond acceptors (Lipinski definition) is 5. The van der Waals surface area contributed by atoms with E-state index >= 15 is 0 Å². The smallest absolute Gasteiger partial charge is 0.295 e. The maximum atomic E-state index is 9.37. The Hall–Kier alpha value is -0.650. The predicted molar refractivity (Wildman–Crippen MR) is 23.3 cm³/mol. The normalized spacial score (nSPS) is 16.9. The van der Waals surface area contributed by atoms with Gasteiger partial charge in [0.25, 0.3) is 6.47 Å². The first-order valence-corrected chi connectivity index (χ1v) is 1.89. The first kappa shape index (κ1) is 7.35. The first-order chi connectivity index (χ1) is 3.68. The van der Waals surface area contributed by atoms with Crippen molar-refractivity contribution in [1.82, 2.24) is 0 Å². The van der Waals surface area contributed by atoms with Crippen molar-refractivity contribution in [2.24, 2.45) is 5.73 Å². The van der Waals surface area contributed by atoms with Crippen LogP contribution in [-0.2, 0) is 9.53 Å². The van der Waals surface area contributed by atoms with Crippen molar-refractivity contribution < 1.29 is 19.7 Å². The minimum absolute atomic E-state index is 0.000741. The number of hydrogen-bond donors (Lipinski definition) is 3. The van der Waals surface area contributed by atoms with Gasteiger partial charge in [0.15, 0.2) is 6.23 Å². The SMILES string of the molecule is NC(O)C(O)OC=O. The van der Waals surface area contributed by atoms with E-state index < -0.39 is 12.5 Å². The molecule has 5 heteroatoms. The average Bonchev–Trinajstić information content (AvgIpc) is 1.67. The van der Waals surface area contributed by atoms with Crippen LogP contribution in [0.25, 0.3) is 0 Å². The maximum absolute atomic E-state index is 9.37. The first-order valence-electron chi connectivity index (χ1n) is 1.89. The molecule has 48 valence electrons. The van der Waals surface area contributed by atoms with Gasteiger partial charge in [0.2, 0.25) is 6.29 Å². The van der Waals surface area contributed by atoms with Gasteiger partial charge in [0.05, 0.1) is 0 Å². The molecule has 2 atom stereocenters. The molecule has 0 fully saturated rings. The Morgan fingerprint density at radius 3 is 2.25 bits per heavy atom. The van der Waals surface area contributed by atoms with Gasteiger partial charge in [-0.3, -0.25) is 4.79 Å². The number of nitrogens with two attached hydrogens (primary N) is 1. The van der Waals surface area contributed by atoms with E-state index in [4.69, 9.17) is 10.2 Å². The quantitative estimate of drug-likeness (QED) is 0.290. The predicted octanol–water partition coefficient (Wildman–Crippen LogP) is -2.25. The lowest BCUT2D eigenvalue weighted by Crippen LogP contribution is -2.35. The molecule has 0 saturated heterocycles. The molecule has 0 amide bonds. The monoisotopic (exact) mass is 121 g/mol. The number of aliphatic hydroxyl groups excluding tert-OH is 2. The number of ether oxygens (including phenoxy) is 1. The molecule has 0 spiro atoms. The number of carbonyl (C=O) groups excluding carboxylic acids is 1. The summed E-state index contributed by atoms with van der Waals surface area (Å²) in [4.78, 5) is 9.37. The third-order valence-electron chi connectivity index (χ3n) is 0.487. The molecule has 0 saturated carbocycles. The van der Waals surface area contributed by atoms with Crippen LogP contribution in [0.3, 0.4) is 0 Å². The Kier molecular flexibility index (Phi) is 3.09. The van der Waals surface area contributed by atoms with E-state index in [1.807, 2.05) is 0 Å². The molecule has 0 aromatic rings. The van der Waals surface area contributed by atoms with Crippen molar-refractivity contribution >= 4 is 6.47 Å². The zero-order chi connectivity index (χ0) is 6.57. The van der Waals surface area contributed by atoms with Crippen LogP contribution >= 0.6 is 0 Å². The van der Waals surface area contributed by atoms with Crippen molar-refractivity contribution in [3.05, 3.63) is 0 Å². The Morgan fingerprint density at radius 2 is 2.12 bits per heavy atom. The summed E-state index contributed by atoms with van der Waals surface area (Å²) in [6.07, 6.45) is -3.15. The van der Waals surface area contributed by atoms with Crippen LogP contribution in [0.2, 0.25) is 0 Å². The Morgan fingerprint density at radius 1 is 1.62 bits per heavy atom. The number of aliphatic hydroxyl groups is 2. The van der Waals surface area contributed by atoms with E-state index in [0.717, 1.165) is 0 Å². The fourth-order valence-corrected chi connectivity index (χ4v) is 0.137. The highest BCUT2D eigenvalue weighted by Gasteiger charge is 2.09. The summed E-state index contributed by atoms with van der Waals surface area (Å²) in [5, 5.41) is 16.5. The third-order valence-corrected chi connectivity index (χ3v) is 0.487. The Balaban J connectivity index is 3.30. The van der Waals surface area contributed by atoms with Crippen LogP contribution in [-0.4, -0.2) is 29.2 Å². The topological polar surface area (TPSA) is 92.8 Å². The van der Waals surface area contributed by atoms with Crippen molar-refractivity contribution in [2.75, 3.05) is 0 Å². The molecule has 5 nitrogen and oxygen atoms in total. The second-order valence-electron chi connectivity index (χ2n) is 1.11. The van der Waals surface area contributed by atoms with Gasteiger partial charge in [-0.2, -0.15) is 0 Å². The third kappa shape index (κ3) is 2.51. The summed E-state index contributed by atoms with van der Waals surface area (Å²) in [5.74, 6) is 0. The summed E-state index contributed by atoms with van der Waals surface area (Å²) in [5.41, 5.74) is 4.64. The van der Waals surface area contributed by atoms with Crippen molar-refractivity contribution in [1.29, 1.82) is 0 Å². The van der Waals surface area contributed by atoms with Gasteiger partial charge in [-0.05, 0) is 0 Å². The molecular formula is C3H7NO4. The molecule has 0 aromatic heterocycles. The van der Waals surface area contributed by atoms with E-state index in [1.54, 1.807) is 0 Å². The Labute approximate surface area is 45.7 Å². The zero-order valence-corrected chi connectivity index (χ0v) is 4.02. The summed E-state index contributed by atoms with van der Waals surface area (Å²) < 4.78 is 3.80. The van der Waals surface area contributed by atoms with Crippen LogP contribution in [0.5, 0.6) is 0 Å². The number of carbonyl (C=O) groups is 1. The lowest BCUT2D eigenvalue weighted by Gasteiger charge is -2.09. The van der Waals surface area contributed by atoms with Crippen LogP contribution in [0.4, 0.5) is 0 Å². The van der Waals surface area contributed by atoms with Crippen LogP contribution in [0.15, 0.2) is 0 Å². The van der Waals surface area contributed by atoms with Gasteiger partial charge in [0.1, 0.15) is 0 Å². The molecule has 4 N–H and O–H groups in total. The average molecular weight is 121 g/mol. The fourth-order valence-electron chi connectivity index (χ4n) is 0.137. The van der Waals surface area contributed by atoms with Crippen molar-refractivity contribution in [2.45, 2.75) is 12.5 Å². The summed E-state index contributed by atoms with van der Waals surface area (Å²) in [7, 11) is 0. The molecule has 0 aromatic carbocycles. The molecule has 0 radical (unpaired) electrons. The second-order valence-corrected chi connectivity index (χ2v) is 1.11. The molecule has 0 heterocycles. The lowest BCUT2D eigenvalue weighted by atomic mass is 10.6. The zero-order valence-electron chi connectivity index (χ0n) is 4.02. The van der Waals surface area contributed by atoms with Crippen LogP contribution in [0.1, 0.15) is 0 Å². The van der Waals surface area contributed by atoms with Gasteiger partial charge in [-0.1, -0.05) is 0 Å². The van der Waals surface area contributed by atoms with Gasteiger partial charge in [-0.25, -0.2) is 0 Å². The van der Waals surface area contributed by atoms with Crippen molar-refractivity contribution in [3.8, 4) is 0 Å². The highest BCUT2D eigenvalue weighted by atomic mass is 16.6. The molecule has 0 aliphatic heterocycles. The standard InChI is InChI=1S/C3H7NO4/c4-2(6)3(7)8-1-5/h1-3,6-7H,4H2. The largest absolute Gasteiger partial charge is 0.434 e. The lowest BCUT2D eigenvalue weighted by molar-refractivity contribution is -0.171. The minimum atomic E-state index is -1.62. The van der Waals surface area contributed by atoms with Crippen LogP contribution in [0, 0.1) is 0 Å².